The maximum atomic E-state index is 5.89. The summed E-state index contributed by atoms with van der Waals surface area (Å²) in [4.78, 5) is 0. The average Bonchev–Trinajstić information content (AvgIpc) is 3.10. The number of methoxy groups -OCH3 is 1. The maximum absolute atomic E-state index is 5.89. The Hall–Kier alpha value is -1.02. The van der Waals surface area contributed by atoms with Gasteiger partial charge in [-0.05, 0) is 80.3 Å². The van der Waals surface area contributed by atoms with Gasteiger partial charge >= 0.3 is 0 Å². The summed E-state index contributed by atoms with van der Waals surface area (Å²) in [5.41, 5.74) is 11.7. The van der Waals surface area contributed by atoms with Crippen LogP contribution in [0.3, 0.4) is 0 Å². The van der Waals surface area contributed by atoms with Crippen LogP contribution >= 0.6 is 0 Å². The summed E-state index contributed by atoms with van der Waals surface area (Å²) in [5, 5.41) is 0. The predicted octanol–water partition coefficient (Wildman–Crippen LogP) is 2.90. The summed E-state index contributed by atoms with van der Waals surface area (Å²) >= 11 is 0. The molecule has 0 saturated heterocycles. The van der Waals surface area contributed by atoms with Crippen molar-refractivity contribution in [3.05, 3.63) is 28.3 Å². The first kappa shape index (κ1) is 12.4. The molecule has 0 bridgehead atoms. The van der Waals surface area contributed by atoms with Crippen LogP contribution < -0.4 is 10.5 Å². The van der Waals surface area contributed by atoms with Crippen LogP contribution in [-0.4, -0.2) is 13.7 Å². The fourth-order valence-corrected chi connectivity index (χ4v) is 2.59. The lowest BCUT2D eigenvalue weighted by Gasteiger charge is -2.20. The van der Waals surface area contributed by atoms with E-state index in [2.05, 4.69) is 26.8 Å². The van der Waals surface area contributed by atoms with Gasteiger partial charge in [0.05, 0.1) is 7.11 Å². The van der Waals surface area contributed by atoms with Crippen LogP contribution in [-0.2, 0) is 6.42 Å². The Balaban J connectivity index is 2.37. The van der Waals surface area contributed by atoms with E-state index in [0.717, 1.165) is 18.7 Å². The van der Waals surface area contributed by atoms with E-state index in [1.165, 1.54) is 35.1 Å². The third kappa shape index (κ3) is 2.19. The van der Waals surface area contributed by atoms with E-state index in [1.54, 1.807) is 7.11 Å². The van der Waals surface area contributed by atoms with Crippen molar-refractivity contribution in [2.75, 3.05) is 13.7 Å². The summed E-state index contributed by atoms with van der Waals surface area (Å²) in [5.74, 6) is 1.00. The molecule has 1 fully saturated rings. The lowest BCUT2D eigenvalue weighted by atomic mass is 9.88. The van der Waals surface area contributed by atoms with Crippen molar-refractivity contribution in [3.8, 4) is 5.75 Å². The van der Waals surface area contributed by atoms with Gasteiger partial charge in [-0.2, -0.15) is 0 Å². The zero-order valence-corrected chi connectivity index (χ0v) is 11.4. The highest BCUT2D eigenvalue weighted by Crippen LogP contribution is 2.48. The molecule has 1 aromatic carbocycles. The number of aryl methyl sites for hydroxylation is 1. The molecule has 0 aliphatic heterocycles. The van der Waals surface area contributed by atoms with Gasteiger partial charge in [-0.15, -0.1) is 0 Å². The molecule has 0 heterocycles. The number of hydrogen-bond acceptors (Lipinski definition) is 2. The molecule has 1 aliphatic rings. The number of rotatable bonds is 4. The molecule has 17 heavy (non-hydrogen) atoms. The zero-order chi connectivity index (χ0) is 12.6. The average molecular weight is 233 g/mol. The fraction of sp³-hybridized carbons (Fsp3) is 0.600. The van der Waals surface area contributed by atoms with Crippen molar-refractivity contribution in [1.82, 2.24) is 0 Å². The Morgan fingerprint density at radius 2 is 1.88 bits per heavy atom. The molecule has 0 unspecified atom stereocenters. The Bertz CT molecular complexity index is 433. The molecule has 2 rings (SSSR count). The topological polar surface area (TPSA) is 35.2 Å². The number of hydrogen-bond donors (Lipinski definition) is 1. The van der Waals surface area contributed by atoms with Crippen molar-refractivity contribution in [1.29, 1.82) is 0 Å². The van der Waals surface area contributed by atoms with Crippen molar-refractivity contribution in [2.45, 2.75) is 40.0 Å². The van der Waals surface area contributed by atoms with Crippen LogP contribution in [0.4, 0.5) is 0 Å². The smallest absolute Gasteiger partial charge is 0.122 e. The van der Waals surface area contributed by atoms with E-state index < -0.39 is 0 Å². The molecule has 0 aromatic heterocycles. The third-order valence-electron chi connectivity index (χ3n) is 4.37. The van der Waals surface area contributed by atoms with Gasteiger partial charge in [-0.3, -0.25) is 0 Å². The lowest BCUT2D eigenvalue weighted by molar-refractivity contribution is 0.410. The largest absolute Gasteiger partial charge is 0.496 e. The SMILES string of the molecule is COc1cc(C)c(CC2(CN)CC2)c(C)c1C. The minimum Gasteiger partial charge on any atom is -0.496 e. The number of benzene rings is 1. The molecule has 0 amide bonds. The van der Waals surface area contributed by atoms with E-state index in [9.17, 15) is 0 Å². The van der Waals surface area contributed by atoms with Gasteiger partial charge in [0.2, 0.25) is 0 Å². The minimum atomic E-state index is 0.399. The maximum Gasteiger partial charge on any atom is 0.122 e. The first-order valence-corrected chi connectivity index (χ1v) is 6.37. The van der Waals surface area contributed by atoms with Gasteiger partial charge in [-0.25, -0.2) is 0 Å². The van der Waals surface area contributed by atoms with E-state index >= 15 is 0 Å². The van der Waals surface area contributed by atoms with Crippen LogP contribution in [0, 0.1) is 26.2 Å². The van der Waals surface area contributed by atoms with Gasteiger partial charge in [0, 0.05) is 0 Å². The van der Waals surface area contributed by atoms with Gasteiger partial charge < -0.3 is 10.5 Å². The van der Waals surface area contributed by atoms with E-state index in [-0.39, 0.29) is 0 Å². The van der Waals surface area contributed by atoms with Crippen molar-refractivity contribution in [2.24, 2.45) is 11.1 Å². The second kappa shape index (κ2) is 4.34. The van der Waals surface area contributed by atoms with E-state index in [0.29, 0.717) is 5.41 Å². The van der Waals surface area contributed by atoms with Crippen LogP contribution in [0.25, 0.3) is 0 Å². The van der Waals surface area contributed by atoms with E-state index in [1.807, 2.05) is 0 Å². The van der Waals surface area contributed by atoms with Crippen molar-refractivity contribution in [3.63, 3.8) is 0 Å². The summed E-state index contributed by atoms with van der Waals surface area (Å²) in [7, 11) is 1.74. The molecule has 1 aromatic rings. The highest BCUT2D eigenvalue weighted by molar-refractivity contribution is 5.48. The normalized spacial score (nSPS) is 17.0. The summed E-state index contributed by atoms with van der Waals surface area (Å²) in [6.45, 7) is 7.33. The Kier molecular flexibility index (Phi) is 3.17. The Morgan fingerprint density at radius 3 is 2.35 bits per heavy atom. The lowest BCUT2D eigenvalue weighted by Crippen LogP contribution is -2.19. The monoisotopic (exact) mass is 233 g/mol. The highest BCUT2D eigenvalue weighted by atomic mass is 16.5. The van der Waals surface area contributed by atoms with Gasteiger partial charge in [0.1, 0.15) is 5.75 Å². The van der Waals surface area contributed by atoms with Gasteiger partial charge in [0.15, 0.2) is 0 Å². The van der Waals surface area contributed by atoms with Gasteiger partial charge in [-0.1, -0.05) is 0 Å². The summed E-state index contributed by atoms with van der Waals surface area (Å²) in [6.07, 6.45) is 3.70. The van der Waals surface area contributed by atoms with Crippen LogP contribution in [0.5, 0.6) is 5.75 Å². The number of ether oxygens (including phenoxy) is 1. The predicted molar refractivity (Wildman–Crippen MR) is 71.6 cm³/mol. The minimum absolute atomic E-state index is 0.399. The molecular weight excluding hydrogens is 210 g/mol. The molecule has 0 spiro atoms. The molecule has 0 atom stereocenters. The fourth-order valence-electron chi connectivity index (χ4n) is 2.59. The van der Waals surface area contributed by atoms with E-state index in [4.69, 9.17) is 10.5 Å². The first-order valence-electron chi connectivity index (χ1n) is 6.37. The standard InChI is InChI=1S/C15H23NO/c1-10-7-14(17-4)12(3)11(2)13(10)8-15(9-16)5-6-15/h7H,5-6,8-9,16H2,1-4H3. The molecule has 2 nitrogen and oxygen atoms in total. The molecule has 0 radical (unpaired) electrons. The van der Waals surface area contributed by atoms with Crippen LogP contribution in [0.2, 0.25) is 0 Å². The molecule has 2 N–H and O–H groups in total. The molecule has 94 valence electrons. The molecular formula is C15H23NO. The third-order valence-corrected chi connectivity index (χ3v) is 4.37. The van der Waals surface area contributed by atoms with Crippen LogP contribution in [0.15, 0.2) is 6.07 Å². The summed E-state index contributed by atoms with van der Waals surface area (Å²) < 4.78 is 5.41. The number of nitrogens with two attached hydrogens (primary N) is 1. The zero-order valence-electron chi connectivity index (χ0n) is 11.4. The van der Waals surface area contributed by atoms with Crippen molar-refractivity contribution >= 4 is 0 Å². The second-order valence-corrected chi connectivity index (χ2v) is 5.51. The quantitative estimate of drug-likeness (QED) is 0.868. The molecule has 1 aliphatic carbocycles. The van der Waals surface area contributed by atoms with Crippen LogP contribution in [0.1, 0.15) is 35.1 Å². The molecule has 2 heteroatoms. The van der Waals surface area contributed by atoms with Gasteiger partial charge in [0.25, 0.3) is 0 Å². The van der Waals surface area contributed by atoms with Crippen molar-refractivity contribution < 1.29 is 4.74 Å². The Labute approximate surface area is 104 Å². The first-order chi connectivity index (χ1) is 8.03. The Morgan fingerprint density at radius 1 is 1.24 bits per heavy atom. The molecule has 1 saturated carbocycles. The summed E-state index contributed by atoms with van der Waals surface area (Å²) in [6, 6.07) is 2.16. The highest BCUT2D eigenvalue weighted by Gasteiger charge is 2.41. The second-order valence-electron chi connectivity index (χ2n) is 5.51.